The van der Waals surface area contributed by atoms with Gasteiger partial charge < -0.3 is 5.73 Å². The molecule has 1 aromatic rings. The molecule has 1 aromatic carbocycles. The lowest BCUT2D eigenvalue weighted by Crippen LogP contribution is -2.48. The van der Waals surface area contributed by atoms with Crippen LogP contribution in [0.4, 0.5) is 5.69 Å². The summed E-state index contributed by atoms with van der Waals surface area (Å²) in [6.45, 7) is 1.95. The van der Waals surface area contributed by atoms with Gasteiger partial charge in [0.25, 0.3) is 0 Å². The summed E-state index contributed by atoms with van der Waals surface area (Å²) < 4.78 is 0. The van der Waals surface area contributed by atoms with Crippen LogP contribution in [0.3, 0.4) is 0 Å². The number of nitrogens with one attached hydrogen (secondary N) is 1. The molecular weight excluding hydrogens is 222 g/mol. The summed E-state index contributed by atoms with van der Waals surface area (Å²) in [5.74, 6) is -0.0542. The highest BCUT2D eigenvalue weighted by atomic mass is 32.1. The molecule has 0 aliphatic rings. The van der Waals surface area contributed by atoms with Gasteiger partial charge in [-0.3, -0.25) is 10.2 Å². The van der Waals surface area contributed by atoms with Crippen LogP contribution in [-0.2, 0) is 4.79 Å². The van der Waals surface area contributed by atoms with E-state index in [4.69, 9.17) is 18.0 Å². The van der Waals surface area contributed by atoms with Crippen molar-refractivity contribution in [3.63, 3.8) is 0 Å². The number of anilines is 1. The molecule has 0 aliphatic heterocycles. The molecule has 0 saturated carbocycles. The van der Waals surface area contributed by atoms with Gasteiger partial charge in [-0.15, -0.1) is 0 Å². The van der Waals surface area contributed by atoms with Crippen LogP contribution in [0.25, 0.3) is 0 Å². The van der Waals surface area contributed by atoms with Crippen LogP contribution < -0.4 is 16.2 Å². The highest BCUT2D eigenvalue weighted by Gasteiger charge is 2.14. The SMILES string of the molecule is CCCC(=O)N(NC(N)=S)c1ccccc1. The fourth-order valence-electron chi connectivity index (χ4n) is 1.28. The van der Waals surface area contributed by atoms with E-state index in [0.29, 0.717) is 6.42 Å². The molecule has 86 valence electrons. The first-order valence-corrected chi connectivity index (χ1v) is 5.50. The third-order valence-electron chi connectivity index (χ3n) is 1.95. The first-order valence-electron chi connectivity index (χ1n) is 5.09. The van der Waals surface area contributed by atoms with Crippen molar-refractivity contribution in [3.8, 4) is 0 Å². The summed E-state index contributed by atoms with van der Waals surface area (Å²) >= 11 is 4.75. The van der Waals surface area contributed by atoms with Gasteiger partial charge in [0, 0.05) is 6.42 Å². The lowest BCUT2D eigenvalue weighted by molar-refractivity contribution is -0.119. The Bertz CT molecular complexity index is 367. The maximum Gasteiger partial charge on any atom is 0.245 e. The summed E-state index contributed by atoms with van der Waals surface area (Å²) in [5.41, 5.74) is 8.80. The van der Waals surface area contributed by atoms with Gasteiger partial charge in [-0.1, -0.05) is 25.1 Å². The number of amides is 1. The van der Waals surface area contributed by atoms with E-state index in [9.17, 15) is 4.79 Å². The zero-order valence-electron chi connectivity index (χ0n) is 9.14. The number of hydrazine groups is 1. The van der Waals surface area contributed by atoms with Crippen LogP contribution in [0.5, 0.6) is 0 Å². The number of thiocarbonyl (C=S) groups is 1. The minimum atomic E-state index is -0.0542. The Labute approximate surface area is 100 Å². The standard InChI is InChI=1S/C11H15N3OS/c1-2-6-10(15)14(13-11(12)16)9-7-4-3-5-8-9/h3-5,7-8H,2,6H2,1H3,(H3,12,13,16). The summed E-state index contributed by atoms with van der Waals surface area (Å²) in [7, 11) is 0. The number of rotatable bonds is 3. The van der Waals surface area contributed by atoms with Gasteiger partial charge in [0.2, 0.25) is 5.91 Å². The zero-order valence-corrected chi connectivity index (χ0v) is 9.96. The Hall–Kier alpha value is -1.62. The number of hydrogen-bond acceptors (Lipinski definition) is 2. The fourth-order valence-corrected chi connectivity index (χ4v) is 1.38. The largest absolute Gasteiger partial charge is 0.375 e. The van der Waals surface area contributed by atoms with Crippen molar-refractivity contribution in [3.05, 3.63) is 30.3 Å². The van der Waals surface area contributed by atoms with Crippen LogP contribution in [-0.4, -0.2) is 11.0 Å². The second-order valence-electron chi connectivity index (χ2n) is 3.29. The van der Waals surface area contributed by atoms with E-state index in [-0.39, 0.29) is 11.0 Å². The molecule has 0 atom stereocenters. The van der Waals surface area contributed by atoms with E-state index in [0.717, 1.165) is 12.1 Å². The van der Waals surface area contributed by atoms with E-state index in [1.165, 1.54) is 5.01 Å². The quantitative estimate of drug-likeness (QED) is 0.619. The van der Waals surface area contributed by atoms with E-state index < -0.39 is 0 Å². The van der Waals surface area contributed by atoms with Gasteiger partial charge in [-0.05, 0) is 30.8 Å². The summed E-state index contributed by atoms with van der Waals surface area (Å²) in [5, 5.41) is 1.46. The molecule has 0 bridgehead atoms. The maximum absolute atomic E-state index is 11.8. The highest BCUT2D eigenvalue weighted by molar-refractivity contribution is 7.80. The average molecular weight is 237 g/mol. The van der Waals surface area contributed by atoms with Crippen molar-refractivity contribution in [2.45, 2.75) is 19.8 Å². The summed E-state index contributed by atoms with van der Waals surface area (Å²) in [6.07, 6.45) is 1.23. The van der Waals surface area contributed by atoms with Gasteiger partial charge in [-0.2, -0.15) is 0 Å². The number of hydrogen-bond donors (Lipinski definition) is 2. The lowest BCUT2D eigenvalue weighted by Gasteiger charge is -2.23. The Morgan fingerprint density at radius 1 is 1.44 bits per heavy atom. The minimum Gasteiger partial charge on any atom is -0.375 e. The normalized spacial score (nSPS) is 9.56. The van der Waals surface area contributed by atoms with Crippen molar-refractivity contribution in [2.75, 3.05) is 5.01 Å². The van der Waals surface area contributed by atoms with Crippen LogP contribution >= 0.6 is 12.2 Å². The smallest absolute Gasteiger partial charge is 0.245 e. The second kappa shape index (κ2) is 6.07. The first-order chi connectivity index (χ1) is 7.65. The molecule has 5 heteroatoms. The van der Waals surface area contributed by atoms with Gasteiger partial charge >= 0.3 is 0 Å². The highest BCUT2D eigenvalue weighted by Crippen LogP contribution is 2.12. The third-order valence-corrected chi connectivity index (χ3v) is 2.04. The molecule has 3 N–H and O–H groups in total. The first kappa shape index (κ1) is 12.4. The van der Waals surface area contributed by atoms with Crippen molar-refractivity contribution < 1.29 is 4.79 Å². The molecule has 1 rings (SSSR count). The van der Waals surface area contributed by atoms with E-state index in [1.807, 2.05) is 37.3 Å². The van der Waals surface area contributed by atoms with Crippen LogP contribution in [0.2, 0.25) is 0 Å². The molecular formula is C11H15N3OS. The zero-order chi connectivity index (χ0) is 12.0. The molecule has 0 aromatic heterocycles. The fraction of sp³-hybridized carbons (Fsp3) is 0.273. The molecule has 0 radical (unpaired) electrons. The lowest BCUT2D eigenvalue weighted by atomic mass is 10.2. The molecule has 0 fully saturated rings. The summed E-state index contributed by atoms with van der Waals surface area (Å²) in [4.78, 5) is 11.8. The summed E-state index contributed by atoms with van der Waals surface area (Å²) in [6, 6.07) is 9.22. The van der Waals surface area contributed by atoms with Crippen molar-refractivity contribution in [2.24, 2.45) is 5.73 Å². The molecule has 1 amide bonds. The molecule has 0 spiro atoms. The van der Waals surface area contributed by atoms with Crippen molar-refractivity contribution in [1.29, 1.82) is 0 Å². The van der Waals surface area contributed by atoms with Gasteiger partial charge in [0.1, 0.15) is 0 Å². The second-order valence-corrected chi connectivity index (χ2v) is 3.73. The van der Waals surface area contributed by atoms with Gasteiger partial charge in [-0.25, -0.2) is 5.01 Å². The van der Waals surface area contributed by atoms with Crippen molar-refractivity contribution >= 4 is 28.9 Å². The van der Waals surface area contributed by atoms with E-state index in [2.05, 4.69) is 5.43 Å². The van der Waals surface area contributed by atoms with Crippen LogP contribution in [0.1, 0.15) is 19.8 Å². The number of carbonyl (C=O) groups excluding carboxylic acids is 1. The number of para-hydroxylation sites is 1. The van der Waals surface area contributed by atoms with E-state index >= 15 is 0 Å². The van der Waals surface area contributed by atoms with Gasteiger partial charge in [0.15, 0.2) is 5.11 Å². The average Bonchev–Trinajstić information content (AvgIpc) is 2.27. The van der Waals surface area contributed by atoms with Crippen LogP contribution in [0.15, 0.2) is 30.3 Å². The number of benzene rings is 1. The third kappa shape index (κ3) is 3.51. The Morgan fingerprint density at radius 3 is 2.56 bits per heavy atom. The van der Waals surface area contributed by atoms with E-state index in [1.54, 1.807) is 0 Å². The van der Waals surface area contributed by atoms with Gasteiger partial charge in [0.05, 0.1) is 5.69 Å². The predicted octanol–water partition coefficient (Wildman–Crippen LogP) is 1.57. The minimum absolute atomic E-state index is 0.0542. The van der Waals surface area contributed by atoms with Crippen LogP contribution in [0, 0.1) is 0 Å². The number of nitrogens with two attached hydrogens (primary N) is 1. The molecule has 16 heavy (non-hydrogen) atoms. The molecule has 0 saturated heterocycles. The molecule has 0 aliphatic carbocycles. The van der Waals surface area contributed by atoms with Crippen molar-refractivity contribution in [1.82, 2.24) is 5.43 Å². The monoisotopic (exact) mass is 237 g/mol. The predicted molar refractivity (Wildman–Crippen MR) is 68.8 cm³/mol. The number of carbonyl (C=O) groups is 1. The number of nitrogens with zero attached hydrogens (tertiary/aromatic N) is 1. The topological polar surface area (TPSA) is 58.4 Å². The molecule has 0 unspecified atom stereocenters. The Kier molecular flexibility index (Phi) is 4.72. The molecule has 0 heterocycles. The Morgan fingerprint density at radius 2 is 2.06 bits per heavy atom. The maximum atomic E-state index is 11.8. The Balaban J connectivity index is 2.87. The molecule has 4 nitrogen and oxygen atoms in total.